The molecule has 0 aromatic carbocycles. The van der Waals surface area contributed by atoms with Gasteiger partial charge in [-0.25, -0.2) is 9.78 Å². The maximum atomic E-state index is 11.3. The molecule has 1 atom stereocenters. The van der Waals surface area contributed by atoms with Gasteiger partial charge in [0.1, 0.15) is 5.02 Å². The third-order valence-electron chi connectivity index (χ3n) is 2.26. The number of halogens is 1. The van der Waals surface area contributed by atoms with E-state index in [4.69, 9.17) is 16.3 Å². The molecule has 2 aromatic rings. The molecule has 0 saturated carbocycles. The van der Waals surface area contributed by atoms with E-state index in [1.807, 2.05) is 0 Å². The van der Waals surface area contributed by atoms with Crippen LogP contribution in [0.4, 0.5) is 5.82 Å². The van der Waals surface area contributed by atoms with Crippen molar-refractivity contribution >= 4 is 34.7 Å². The van der Waals surface area contributed by atoms with Crippen LogP contribution in [0.2, 0.25) is 5.02 Å². The predicted molar refractivity (Wildman–Crippen MR) is 71.9 cm³/mol. The Morgan fingerprint density at radius 2 is 2.42 bits per heavy atom. The lowest BCUT2D eigenvalue weighted by Gasteiger charge is -2.14. The van der Waals surface area contributed by atoms with E-state index in [1.165, 1.54) is 24.6 Å². The molecular weight excluding hydrogens is 290 g/mol. The first kappa shape index (κ1) is 13.6. The van der Waals surface area contributed by atoms with E-state index >= 15 is 0 Å². The average Bonchev–Trinajstić information content (AvgIpc) is 2.91. The summed E-state index contributed by atoms with van der Waals surface area (Å²) in [5.41, 5.74) is 0. The average molecular weight is 300 g/mol. The quantitative estimate of drug-likeness (QED) is 0.882. The molecule has 0 spiro atoms. The van der Waals surface area contributed by atoms with Gasteiger partial charge in [0.2, 0.25) is 0 Å². The van der Waals surface area contributed by atoms with Crippen molar-refractivity contribution in [2.24, 2.45) is 0 Å². The zero-order valence-corrected chi connectivity index (χ0v) is 11.4. The van der Waals surface area contributed by atoms with E-state index in [1.54, 1.807) is 17.5 Å². The highest BCUT2D eigenvalue weighted by atomic mass is 35.5. The highest BCUT2D eigenvalue weighted by Crippen LogP contribution is 2.27. The number of aromatic nitrogens is 2. The minimum Gasteiger partial charge on any atom is -0.479 e. The van der Waals surface area contributed by atoms with Crippen LogP contribution in [-0.4, -0.2) is 28.2 Å². The Morgan fingerprint density at radius 1 is 1.63 bits per heavy atom. The van der Waals surface area contributed by atoms with Crippen molar-refractivity contribution in [1.82, 2.24) is 9.97 Å². The van der Waals surface area contributed by atoms with Crippen molar-refractivity contribution in [3.8, 4) is 6.01 Å². The van der Waals surface area contributed by atoms with Gasteiger partial charge in [-0.15, -0.1) is 11.3 Å². The molecule has 0 radical (unpaired) electrons. The molecular formula is C11H10ClN3O3S. The molecule has 100 valence electrons. The fourth-order valence-electron chi connectivity index (χ4n) is 1.40. The number of rotatable bonds is 5. The number of carboxylic acids is 1. The van der Waals surface area contributed by atoms with Crippen LogP contribution < -0.4 is 10.1 Å². The van der Waals surface area contributed by atoms with Crippen LogP contribution in [0.3, 0.4) is 0 Å². The fraction of sp³-hybridized carbons (Fsp3) is 0.182. The molecule has 8 heteroatoms. The summed E-state index contributed by atoms with van der Waals surface area (Å²) in [7, 11) is 1.42. The molecule has 0 aliphatic heterocycles. The van der Waals surface area contributed by atoms with Crippen LogP contribution in [0.25, 0.3) is 0 Å². The van der Waals surface area contributed by atoms with Crippen molar-refractivity contribution in [1.29, 1.82) is 0 Å². The van der Waals surface area contributed by atoms with Gasteiger partial charge in [0.05, 0.1) is 13.3 Å². The first-order valence-corrected chi connectivity index (χ1v) is 6.47. The van der Waals surface area contributed by atoms with Gasteiger partial charge < -0.3 is 15.2 Å². The topological polar surface area (TPSA) is 84.3 Å². The summed E-state index contributed by atoms with van der Waals surface area (Å²) in [5, 5.41) is 14.0. The first-order chi connectivity index (χ1) is 9.11. The van der Waals surface area contributed by atoms with E-state index in [-0.39, 0.29) is 16.9 Å². The number of methoxy groups -OCH3 is 1. The normalized spacial score (nSPS) is 11.9. The lowest BCUT2D eigenvalue weighted by atomic mass is 10.2. The molecule has 2 aromatic heterocycles. The maximum Gasteiger partial charge on any atom is 0.331 e. The zero-order valence-electron chi connectivity index (χ0n) is 9.83. The number of carbonyl (C=O) groups is 1. The van der Waals surface area contributed by atoms with Crippen molar-refractivity contribution in [3.05, 3.63) is 33.6 Å². The summed E-state index contributed by atoms with van der Waals surface area (Å²) >= 11 is 7.26. The number of thiophene rings is 1. The van der Waals surface area contributed by atoms with Crippen LogP contribution in [0.1, 0.15) is 10.9 Å². The minimum atomic E-state index is -1.02. The Bertz CT molecular complexity index is 577. The second kappa shape index (κ2) is 5.85. The number of hydrogen-bond donors (Lipinski definition) is 2. The molecule has 2 rings (SSSR count). The molecule has 0 bridgehead atoms. The van der Waals surface area contributed by atoms with Crippen molar-refractivity contribution in [2.75, 3.05) is 12.4 Å². The Morgan fingerprint density at radius 3 is 3.00 bits per heavy atom. The number of aliphatic carboxylic acids is 1. The third kappa shape index (κ3) is 3.12. The predicted octanol–water partition coefficient (Wildman–Crippen LogP) is 2.44. The van der Waals surface area contributed by atoms with Crippen molar-refractivity contribution < 1.29 is 14.6 Å². The third-order valence-corrected chi connectivity index (χ3v) is 3.47. The molecule has 0 amide bonds. The lowest BCUT2D eigenvalue weighted by Crippen LogP contribution is -2.20. The van der Waals surface area contributed by atoms with Crippen LogP contribution in [0.5, 0.6) is 6.01 Å². The molecule has 6 nitrogen and oxygen atoms in total. The second-order valence-electron chi connectivity index (χ2n) is 3.48. The molecule has 2 heterocycles. The van der Waals surface area contributed by atoms with Gasteiger partial charge in [-0.2, -0.15) is 4.98 Å². The van der Waals surface area contributed by atoms with Crippen molar-refractivity contribution in [2.45, 2.75) is 6.04 Å². The monoisotopic (exact) mass is 299 g/mol. The number of carboxylic acid groups (broad SMARTS) is 1. The Kier molecular flexibility index (Phi) is 4.18. The fourth-order valence-corrected chi connectivity index (χ4v) is 2.31. The van der Waals surface area contributed by atoms with Crippen LogP contribution in [0.15, 0.2) is 23.7 Å². The van der Waals surface area contributed by atoms with Gasteiger partial charge in [0, 0.05) is 4.88 Å². The Labute approximate surface area is 118 Å². The van der Waals surface area contributed by atoms with Gasteiger partial charge >= 0.3 is 12.0 Å². The zero-order chi connectivity index (χ0) is 13.8. The lowest BCUT2D eigenvalue weighted by molar-refractivity contribution is -0.138. The number of nitrogens with zero attached hydrogens (tertiary/aromatic N) is 2. The van der Waals surface area contributed by atoms with Crippen molar-refractivity contribution in [3.63, 3.8) is 0 Å². The first-order valence-electron chi connectivity index (χ1n) is 5.21. The number of ether oxygens (including phenoxy) is 1. The highest BCUT2D eigenvalue weighted by molar-refractivity contribution is 7.10. The summed E-state index contributed by atoms with van der Waals surface area (Å²) in [5.74, 6) is -0.801. The number of anilines is 1. The standard InChI is InChI=1S/C11H10ClN3O3S/c1-18-11-13-5-6(12)9(15-11)14-8(10(16)17)7-3-2-4-19-7/h2-5,8H,1H3,(H,16,17)(H,13,14,15). The number of hydrogen-bond acceptors (Lipinski definition) is 6. The van der Waals surface area contributed by atoms with Gasteiger partial charge in [0.25, 0.3) is 0 Å². The van der Waals surface area contributed by atoms with E-state index in [2.05, 4.69) is 15.3 Å². The summed E-state index contributed by atoms with van der Waals surface area (Å²) < 4.78 is 4.88. The smallest absolute Gasteiger partial charge is 0.331 e. The molecule has 0 fully saturated rings. The second-order valence-corrected chi connectivity index (χ2v) is 4.87. The molecule has 0 aliphatic rings. The minimum absolute atomic E-state index is 0.113. The largest absolute Gasteiger partial charge is 0.479 e. The molecule has 2 N–H and O–H groups in total. The van der Waals surface area contributed by atoms with Gasteiger partial charge in [-0.3, -0.25) is 0 Å². The molecule has 0 saturated heterocycles. The van der Waals surface area contributed by atoms with Crippen LogP contribution >= 0.6 is 22.9 Å². The maximum absolute atomic E-state index is 11.3. The van der Waals surface area contributed by atoms with Gasteiger partial charge in [-0.05, 0) is 11.4 Å². The van der Waals surface area contributed by atoms with E-state index < -0.39 is 12.0 Å². The molecule has 1 unspecified atom stereocenters. The summed E-state index contributed by atoms with van der Waals surface area (Å²) in [4.78, 5) is 19.8. The summed E-state index contributed by atoms with van der Waals surface area (Å²) in [6.07, 6.45) is 1.35. The Hall–Kier alpha value is -1.86. The summed E-state index contributed by atoms with van der Waals surface area (Å²) in [6, 6.07) is 2.70. The van der Waals surface area contributed by atoms with Crippen LogP contribution in [0, 0.1) is 0 Å². The van der Waals surface area contributed by atoms with Gasteiger partial charge in [0.15, 0.2) is 11.9 Å². The van der Waals surface area contributed by atoms with E-state index in [0.717, 1.165) is 0 Å². The number of nitrogens with one attached hydrogen (secondary N) is 1. The SMILES string of the molecule is COc1ncc(Cl)c(NC(C(=O)O)c2cccs2)n1. The molecule has 19 heavy (non-hydrogen) atoms. The summed E-state index contributed by atoms with van der Waals surface area (Å²) in [6.45, 7) is 0. The van der Waals surface area contributed by atoms with Gasteiger partial charge in [-0.1, -0.05) is 17.7 Å². The Balaban J connectivity index is 2.29. The van der Waals surface area contributed by atoms with E-state index in [0.29, 0.717) is 4.88 Å². The highest BCUT2D eigenvalue weighted by Gasteiger charge is 2.22. The molecule has 0 aliphatic carbocycles. The van der Waals surface area contributed by atoms with E-state index in [9.17, 15) is 9.90 Å². The van der Waals surface area contributed by atoms with Crippen LogP contribution in [-0.2, 0) is 4.79 Å².